The summed E-state index contributed by atoms with van der Waals surface area (Å²) < 4.78 is 10.6. The Kier molecular flexibility index (Phi) is 3.39. The molecule has 0 amide bonds. The molecule has 0 saturated heterocycles. The number of pyridine rings is 1. The van der Waals surface area contributed by atoms with Crippen LogP contribution in [0.25, 0.3) is 33.4 Å². The fourth-order valence-electron chi connectivity index (χ4n) is 2.82. The molecule has 5 heteroatoms. The topological polar surface area (TPSA) is 68.4 Å². The fraction of sp³-hybridized carbons (Fsp3) is 0.0526. The van der Waals surface area contributed by atoms with Crippen molar-refractivity contribution in [2.24, 2.45) is 0 Å². The van der Waals surface area contributed by atoms with Crippen molar-refractivity contribution in [2.75, 3.05) is 7.11 Å². The molecular formula is C19H14N2O3. The van der Waals surface area contributed by atoms with Gasteiger partial charge in [-0.05, 0) is 41.5 Å². The Hall–Kier alpha value is -3.34. The maximum Gasteiger partial charge on any atom is 0.170 e. The summed E-state index contributed by atoms with van der Waals surface area (Å²) >= 11 is 0. The van der Waals surface area contributed by atoms with Gasteiger partial charge in [0.15, 0.2) is 5.76 Å². The second-order valence-corrected chi connectivity index (χ2v) is 5.32. The maximum absolute atomic E-state index is 10.1. The van der Waals surface area contributed by atoms with E-state index < -0.39 is 0 Å². The minimum atomic E-state index is 0.145. The molecule has 0 bridgehead atoms. The molecule has 0 radical (unpaired) electrons. The quantitative estimate of drug-likeness (QED) is 0.611. The average molecular weight is 318 g/mol. The van der Waals surface area contributed by atoms with Crippen LogP contribution in [-0.4, -0.2) is 22.4 Å². The molecule has 1 N–H and O–H groups in total. The molecule has 0 fully saturated rings. The molecule has 0 spiro atoms. The normalized spacial score (nSPS) is 10.9. The van der Waals surface area contributed by atoms with E-state index in [1.807, 2.05) is 36.4 Å². The highest BCUT2D eigenvalue weighted by molar-refractivity contribution is 5.98. The van der Waals surface area contributed by atoms with Gasteiger partial charge >= 0.3 is 0 Å². The Morgan fingerprint density at radius 2 is 1.92 bits per heavy atom. The lowest BCUT2D eigenvalue weighted by atomic mass is 9.97. The van der Waals surface area contributed by atoms with Gasteiger partial charge in [0.2, 0.25) is 0 Å². The summed E-state index contributed by atoms with van der Waals surface area (Å²) in [6.45, 7) is 0. The number of hydrogen-bond acceptors (Lipinski definition) is 5. The number of aromatic hydroxyl groups is 1. The number of methoxy groups -OCH3 is 1. The first-order chi connectivity index (χ1) is 11.8. The predicted molar refractivity (Wildman–Crippen MR) is 90.9 cm³/mol. The van der Waals surface area contributed by atoms with E-state index in [1.165, 1.54) is 0 Å². The lowest BCUT2D eigenvalue weighted by Gasteiger charge is -2.11. The van der Waals surface area contributed by atoms with Crippen molar-refractivity contribution >= 4 is 10.9 Å². The first kappa shape index (κ1) is 14.3. The highest BCUT2D eigenvalue weighted by Crippen LogP contribution is 2.37. The first-order valence-electron chi connectivity index (χ1n) is 7.44. The Morgan fingerprint density at radius 1 is 1.00 bits per heavy atom. The van der Waals surface area contributed by atoms with E-state index in [0.29, 0.717) is 11.3 Å². The van der Waals surface area contributed by atoms with Gasteiger partial charge in [0.25, 0.3) is 0 Å². The van der Waals surface area contributed by atoms with E-state index in [1.54, 1.807) is 31.6 Å². The molecule has 118 valence electrons. The highest BCUT2D eigenvalue weighted by Gasteiger charge is 2.13. The van der Waals surface area contributed by atoms with Crippen LogP contribution in [0, 0.1) is 0 Å². The third-order valence-electron chi connectivity index (χ3n) is 3.96. The fourth-order valence-corrected chi connectivity index (χ4v) is 2.82. The van der Waals surface area contributed by atoms with Crippen molar-refractivity contribution in [3.8, 4) is 33.9 Å². The molecule has 5 nitrogen and oxygen atoms in total. The second kappa shape index (κ2) is 5.70. The van der Waals surface area contributed by atoms with Gasteiger partial charge in [-0.25, -0.2) is 0 Å². The van der Waals surface area contributed by atoms with Crippen LogP contribution < -0.4 is 4.74 Å². The number of benzene rings is 2. The summed E-state index contributed by atoms with van der Waals surface area (Å²) in [7, 11) is 1.63. The van der Waals surface area contributed by atoms with Crippen molar-refractivity contribution in [3.05, 3.63) is 60.9 Å². The molecule has 2 aromatic heterocycles. The monoisotopic (exact) mass is 318 g/mol. The number of fused-ring (bicyclic) bond motifs is 1. The number of phenolic OH excluding ortho intramolecular Hbond substituents is 1. The van der Waals surface area contributed by atoms with Crippen molar-refractivity contribution in [1.82, 2.24) is 10.1 Å². The van der Waals surface area contributed by atoms with Crippen LogP contribution in [-0.2, 0) is 0 Å². The molecule has 0 aliphatic heterocycles. The lowest BCUT2D eigenvalue weighted by Crippen LogP contribution is -1.90. The van der Waals surface area contributed by atoms with Crippen LogP contribution in [0.5, 0.6) is 11.5 Å². The number of aromatic nitrogens is 2. The molecule has 24 heavy (non-hydrogen) atoms. The molecule has 2 heterocycles. The van der Waals surface area contributed by atoms with Crippen molar-refractivity contribution in [2.45, 2.75) is 0 Å². The largest absolute Gasteiger partial charge is 0.507 e. The maximum atomic E-state index is 10.1. The van der Waals surface area contributed by atoms with Crippen LogP contribution >= 0.6 is 0 Å². The Morgan fingerprint density at radius 3 is 2.71 bits per heavy atom. The number of rotatable bonds is 3. The van der Waals surface area contributed by atoms with Gasteiger partial charge in [-0.15, -0.1) is 0 Å². The summed E-state index contributed by atoms with van der Waals surface area (Å²) in [6.07, 6.45) is 3.29. The first-order valence-corrected chi connectivity index (χ1v) is 7.44. The molecule has 0 saturated carbocycles. The molecule has 2 aromatic carbocycles. The standard InChI is InChI=1S/C19H14N2O3/c1-23-18-7-5-13(14-3-2-9-20-19(14)18)12-4-6-16(22)15(11-12)17-8-10-21-24-17/h2-11,22H,1H3. The van der Waals surface area contributed by atoms with Crippen LogP contribution in [0.1, 0.15) is 0 Å². The zero-order chi connectivity index (χ0) is 16.5. The van der Waals surface area contributed by atoms with E-state index in [4.69, 9.17) is 9.26 Å². The van der Waals surface area contributed by atoms with Crippen LogP contribution in [0.3, 0.4) is 0 Å². The second-order valence-electron chi connectivity index (χ2n) is 5.32. The van der Waals surface area contributed by atoms with Gasteiger partial charge in [0.05, 0.1) is 18.9 Å². The predicted octanol–water partition coefficient (Wildman–Crippen LogP) is 4.27. The SMILES string of the molecule is COc1ccc(-c2ccc(O)c(-c3ccno3)c2)c2cccnc12. The third-order valence-corrected chi connectivity index (χ3v) is 3.96. The van der Waals surface area contributed by atoms with Gasteiger partial charge in [-0.3, -0.25) is 4.98 Å². The lowest BCUT2D eigenvalue weighted by molar-refractivity contribution is 0.419. The molecule has 0 atom stereocenters. The minimum Gasteiger partial charge on any atom is -0.507 e. The van der Waals surface area contributed by atoms with E-state index in [-0.39, 0.29) is 5.75 Å². The van der Waals surface area contributed by atoms with Crippen molar-refractivity contribution in [1.29, 1.82) is 0 Å². The Bertz CT molecular complexity index is 1010. The average Bonchev–Trinajstić information content (AvgIpc) is 3.16. The summed E-state index contributed by atoms with van der Waals surface area (Å²) in [5.74, 6) is 1.39. The molecule has 4 aromatic rings. The zero-order valence-electron chi connectivity index (χ0n) is 12.9. The molecule has 0 aliphatic rings. The number of ether oxygens (including phenoxy) is 1. The van der Waals surface area contributed by atoms with Gasteiger partial charge in [-0.1, -0.05) is 17.3 Å². The van der Waals surface area contributed by atoms with Gasteiger partial charge in [0, 0.05) is 17.6 Å². The molecule has 0 aliphatic carbocycles. The number of nitrogens with zero attached hydrogens (tertiary/aromatic N) is 2. The summed E-state index contributed by atoms with van der Waals surface area (Å²) in [6, 6.07) is 14.9. The third kappa shape index (κ3) is 2.27. The zero-order valence-corrected chi connectivity index (χ0v) is 12.9. The van der Waals surface area contributed by atoms with E-state index in [9.17, 15) is 5.11 Å². The van der Waals surface area contributed by atoms with E-state index >= 15 is 0 Å². The highest BCUT2D eigenvalue weighted by atomic mass is 16.5. The van der Waals surface area contributed by atoms with Gasteiger partial charge < -0.3 is 14.4 Å². The summed E-state index contributed by atoms with van der Waals surface area (Å²) in [5.41, 5.74) is 3.34. The molecular weight excluding hydrogens is 304 g/mol. The van der Waals surface area contributed by atoms with E-state index in [0.717, 1.165) is 27.8 Å². The molecule has 0 unspecified atom stereocenters. The summed E-state index contributed by atoms with van der Waals surface area (Å²) in [4.78, 5) is 4.43. The summed E-state index contributed by atoms with van der Waals surface area (Å²) in [5, 5.41) is 14.8. The number of hydrogen-bond donors (Lipinski definition) is 1. The van der Waals surface area contributed by atoms with Gasteiger partial charge in [0.1, 0.15) is 17.0 Å². The van der Waals surface area contributed by atoms with E-state index in [2.05, 4.69) is 10.1 Å². The van der Waals surface area contributed by atoms with Crippen LogP contribution in [0.2, 0.25) is 0 Å². The van der Waals surface area contributed by atoms with Crippen LogP contribution in [0.4, 0.5) is 0 Å². The Labute approximate surface area is 138 Å². The number of phenols is 1. The Balaban J connectivity index is 1.94. The molecule has 4 rings (SSSR count). The van der Waals surface area contributed by atoms with Gasteiger partial charge in [-0.2, -0.15) is 0 Å². The van der Waals surface area contributed by atoms with Crippen LogP contribution in [0.15, 0.2) is 65.4 Å². The van der Waals surface area contributed by atoms with Crippen molar-refractivity contribution in [3.63, 3.8) is 0 Å². The van der Waals surface area contributed by atoms with Crippen molar-refractivity contribution < 1.29 is 14.4 Å². The smallest absolute Gasteiger partial charge is 0.170 e. The minimum absolute atomic E-state index is 0.145.